The van der Waals surface area contributed by atoms with Gasteiger partial charge in [-0.3, -0.25) is 4.57 Å². The monoisotopic (exact) mass is 302 g/mol. The van der Waals surface area contributed by atoms with Crippen LogP contribution in [0.15, 0.2) is 36.7 Å². The fraction of sp³-hybridized carbons (Fsp3) is 0.300. The van der Waals surface area contributed by atoms with Crippen molar-refractivity contribution in [1.82, 2.24) is 9.55 Å². The highest BCUT2D eigenvalue weighted by molar-refractivity contribution is 5.88. The fourth-order valence-electron chi connectivity index (χ4n) is 4.52. The number of rotatable bonds is 0. The molecular formula is C20H20N3+. The molecule has 2 aromatic heterocycles. The van der Waals surface area contributed by atoms with Gasteiger partial charge < -0.3 is 0 Å². The second kappa shape index (κ2) is 3.91. The molecule has 0 saturated carbocycles. The normalized spacial score (nSPS) is 16.0. The quantitative estimate of drug-likeness (QED) is 0.455. The number of imidazole rings is 1. The first-order valence-corrected chi connectivity index (χ1v) is 8.20. The molecule has 1 aliphatic carbocycles. The van der Waals surface area contributed by atoms with E-state index < -0.39 is 0 Å². The molecule has 0 bridgehead atoms. The molecule has 114 valence electrons. The van der Waals surface area contributed by atoms with Gasteiger partial charge in [0.2, 0.25) is 12.4 Å². The Labute approximate surface area is 136 Å². The van der Waals surface area contributed by atoms with E-state index in [2.05, 4.69) is 67.3 Å². The van der Waals surface area contributed by atoms with Crippen molar-refractivity contribution >= 4 is 0 Å². The minimum atomic E-state index is 0.0393. The summed E-state index contributed by atoms with van der Waals surface area (Å²) >= 11 is 0. The predicted octanol–water partition coefficient (Wildman–Crippen LogP) is 3.58. The first-order chi connectivity index (χ1) is 11.0. The minimum Gasteiger partial charge on any atom is -0.272 e. The molecule has 3 nitrogen and oxygen atoms in total. The summed E-state index contributed by atoms with van der Waals surface area (Å²) in [4.78, 5) is 4.72. The number of nitrogens with zero attached hydrogens (tertiary/aromatic N) is 3. The molecule has 3 heteroatoms. The van der Waals surface area contributed by atoms with Crippen molar-refractivity contribution in [1.29, 1.82) is 0 Å². The van der Waals surface area contributed by atoms with Crippen molar-refractivity contribution in [2.75, 3.05) is 0 Å². The van der Waals surface area contributed by atoms with Crippen molar-refractivity contribution in [3.05, 3.63) is 59.0 Å². The highest BCUT2D eigenvalue weighted by Gasteiger charge is 2.45. The molecule has 0 amide bonds. The maximum atomic E-state index is 4.72. The maximum Gasteiger partial charge on any atom is 0.229 e. The molecule has 2 aliphatic rings. The predicted molar refractivity (Wildman–Crippen MR) is 90.3 cm³/mol. The molecule has 0 radical (unpaired) electrons. The molecule has 0 unspecified atom stereocenters. The Morgan fingerprint density at radius 1 is 1.17 bits per heavy atom. The van der Waals surface area contributed by atoms with Crippen molar-refractivity contribution in [3.8, 4) is 22.6 Å². The van der Waals surface area contributed by atoms with E-state index in [1.807, 2.05) is 6.20 Å². The fourth-order valence-corrected chi connectivity index (χ4v) is 4.52. The second-order valence-electron chi connectivity index (χ2n) is 7.34. The van der Waals surface area contributed by atoms with Gasteiger partial charge in [-0.2, -0.15) is 4.57 Å². The lowest BCUT2D eigenvalue weighted by molar-refractivity contribution is -0.690. The van der Waals surface area contributed by atoms with Crippen molar-refractivity contribution in [2.24, 2.45) is 0 Å². The van der Waals surface area contributed by atoms with E-state index in [-0.39, 0.29) is 5.41 Å². The van der Waals surface area contributed by atoms with Crippen LogP contribution in [-0.2, 0) is 12.1 Å². The molecule has 1 aliphatic heterocycles. The molecule has 0 atom stereocenters. The van der Waals surface area contributed by atoms with Gasteiger partial charge in [-0.05, 0) is 25.0 Å². The van der Waals surface area contributed by atoms with Gasteiger partial charge in [0.25, 0.3) is 0 Å². The summed E-state index contributed by atoms with van der Waals surface area (Å²) in [6, 6.07) is 8.94. The zero-order valence-electron chi connectivity index (χ0n) is 14.0. The highest BCUT2D eigenvalue weighted by Crippen LogP contribution is 2.52. The molecule has 0 saturated heterocycles. The number of hydrogen-bond acceptors (Lipinski definition) is 1. The third kappa shape index (κ3) is 1.41. The van der Waals surface area contributed by atoms with E-state index in [4.69, 9.17) is 4.98 Å². The molecule has 3 heterocycles. The van der Waals surface area contributed by atoms with Crippen LogP contribution in [0.5, 0.6) is 0 Å². The Balaban J connectivity index is 2.03. The van der Waals surface area contributed by atoms with Gasteiger partial charge in [-0.15, -0.1) is 0 Å². The lowest BCUT2D eigenvalue weighted by Crippen LogP contribution is -2.40. The summed E-state index contributed by atoms with van der Waals surface area (Å²) in [5, 5.41) is 0. The molecule has 5 rings (SSSR count). The third-order valence-corrected chi connectivity index (χ3v) is 5.61. The Hall–Kier alpha value is -2.42. The Morgan fingerprint density at radius 3 is 2.83 bits per heavy atom. The van der Waals surface area contributed by atoms with Crippen LogP contribution in [0.2, 0.25) is 0 Å². The van der Waals surface area contributed by atoms with E-state index in [1.165, 1.54) is 39.2 Å². The van der Waals surface area contributed by atoms with E-state index in [9.17, 15) is 0 Å². The molecular weight excluding hydrogens is 282 g/mol. The molecule has 0 spiro atoms. The Bertz CT molecular complexity index is 992. The molecule has 0 N–H and O–H groups in total. The third-order valence-electron chi connectivity index (χ3n) is 5.61. The SMILES string of the molecule is Cc1cc[n+]2c3c1C(C)(C)c1cccc(c1-3)-c1ncc(C)n1C2. The number of pyridine rings is 1. The second-order valence-corrected chi connectivity index (χ2v) is 7.34. The number of aromatic nitrogens is 3. The van der Waals surface area contributed by atoms with E-state index in [1.54, 1.807) is 0 Å². The van der Waals surface area contributed by atoms with Gasteiger partial charge in [0.15, 0.2) is 6.20 Å². The first kappa shape index (κ1) is 13.1. The zero-order valence-corrected chi connectivity index (χ0v) is 14.0. The summed E-state index contributed by atoms with van der Waals surface area (Å²) in [5.41, 5.74) is 9.52. The average Bonchev–Trinajstić information content (AvgIpc) is 2.94. The number of hydrogen-bond donors (Lipinski definition) is 0. The first-order valence-electron chi connectivity index (χ1n) is 8.20. The summed E-state index contributed by atoms with van der Waals surface area (Å²) in [5.74, 6) is 1.09. The smallest absolute Gasteiger partial charge is 0.229 e. The van der Waals surface area contributed by atoms with Crippen molar-refractivity contribution in [3.63, 3.8) is 0 Å². The number of aryl methyl sites for hydroxylation is 2. The van der Waals surface area contributed by atoms with Gasteiger partial charge >= 0.3 is 0 Å². The van der Waals surface area contributed by atoms with Crippen LogP contribution < -0.4 is 4.57 Å². The number of fused-ring (bicyclic) bond motifs is 2. The topological polar surface area (TPSA) is 21.7 Å². The summed E-state index contributed by atoms with van der Waals surface area (Å²) < 4.78 is 4.71. The van der Waals surface area contributed by atoms with E-state index >= 15 is 0 Å². The summed E-state index contributed by atoms with van der Waals surface area (Å²) in [6.07, 6.45) is 4.21. The van der Waals surface area contributed by atoms with Crippen LogP contribution in [-0.4, -0.2) is 9.55 Å². The van der Waals surface area contributed by atoms with Crippen molar-refractivity contribution in [2.45, 2.75) is 39.8 Å². The van der Waals surface area contributed by atoms with Crippen LogP contribution in [0, 0.1) is 13.8 Å². The maximum absolute atomic E-state index is 4.72. The van der Waals surface area contributed by atoms with Gasteiger partial charge in [-0.1, -0.05) is 32.0 Å². The van der Waals surface area contributed by atoms with Crippen LogP contribution in [0.1, 0.15) is 36.2 Å². The largest absolute Gasteiger partial charge is 0.272 e. The van der Waals surface area contributed by atoms with Crippen LogP contribution in [0.25, 0.3) is 22.6 Å². The lowest BCUT2D eigenvalue weighted by atomic mass is 9.80. The molecule has 0 fully saturated rings. The standard InChI is InChI=1S/C20H20N3/c1-12-8-9-22-11-23-13(2)10-21-19(23)14-6-5-7-15-16(14)18(22)17(12)20(15,3)4/h5-10H,11H2,1-4H3/q+1. The zero-order chi connectivity index (χ0) is 15.9. The van der Waals surface area contributed by atoms with E-state index in [0.29, 0.717) is 0 Å². The molecule has 1 aromatic carbocycles. The minimum absolute atomic E-state index is 0.0393. The Morgan fingerprint density at radius 2 is 2.00 bits per heavy atom. The molecule has 3 aromatic rings. The van der Waals surface area contributed by atoms with Crippen LogP contribution >= 0.6 is 0 Å². The van der Waals surface area contributed by atoms with Crippen LogP contribution in [0.3, 0.4) is 0 Å². The Kier molecular flexibility index (Phi) is 2.22. The summed E-state index contributed by atoms with van der Waals surface area (Å²) in [6.45, 7) is 9.89. The van der Waals surface area contributed by atoms with Crippen molar-refractivity contribution < 1.29 is 4.57 Å². The lowest BCUT2D eigenvalue weighted by Gasteiger charge is -2.22. The summed E-state index contributed by atoms with van der Waals surface area (Å²) in [7, 11) is 0. The average molecular weight is 302 g/mol. The number of benzene rings is 1. The van der Waals surface area contributed by atoms with Gasteiger partial charge in [0, 0.05) is 34.5 Å². The van der Waals surface area contributed by atoms with E-state index in [0.717, 1.165) is 12.5 Å². The van der Waals surface area contributed by atoms with Gasteiger partial charge in [0.05, 0.1) is 5.56 Å². The van der Waals surface area contributed by atoms with Crippen LogP contribution in [0.4, 0.5) is 0 Å². The molecule has 23 heavy (non-hydrogen) atoms. The van der Waals surface area contributed by atoms with Gasteiger partial charge in [0.1, 0.15) is 5.82 Å². The highest BCUT2D eigenvalue weighted by atomic mass is 15.2. The van der Waals surface area contributed by atoms with Gasteiger partial charge in [-0.25, -0.2) is 4.98 Å².